The highest BCUT2D eigenvalue weighted by Crippen LogP contribution is 2.39. The molecule has 0 spiro atoms. The summed E-state index contributed by atoms with van der Waals surface area (Å²) in [5.74, 6) is -0.624. The van der Waals surface area contributed by atoms with Crippen LogP contribution in [-0.4, -0.2) is 45.1 Å². The molecule has 6 rings (SSSR count). The van der Waals surface area contributed by atoms with E-state index in [1.807, 2.05) is 12.1 Å². The number of methoxy groups -OCH3 is 1. The maximum Gasteiger partial charge on any atom is 0.423 e. The number of benzene rings is 2. The minimum atomic E-state index is -4.71. The van der Waals surface area contributed by atoms with Crippen LogP contribution in [0.15, 0.2) is 42.6 Å². The fraction of sp³-hybridized carbons (Fsp3) is 0.471. The number of nitrogens with zero attached hydrogens (tertiary/aromatic N) is 5. The van der Waals surface area contributed by atoms with Crippen LogP contribution in [0.1, 0.15) is 83.9 Å². The number of halogens is 4. The maximum absolute atomic E-state index is 14.4. The van der Waals surface area contributed by atoms with Gasteiger partial charge in [-0.15, -0.1) is 5.10 Å². The largest absolute Gasteiger partial charge is 0.471 e. The van der Waals surface area contributed by atoms with Gasteiger partial charge in [0, 0.05) is 24.8 Å². The Morgan fingerprint density at radius 2 is 1.91 bits per heavy atom. The SMILES string of the molecule is COC(=O)c1ccc2nc(CC3CCCCC(n4cc(C(F)(F)F)c(OCc5ccc(C#N)cc5F)n4)CC3)n(C[C@@H]3CCO3)c2c1. The van der Waals surface area contributed by atoms with Crippen molar-refractivity contribution in [2.45, 2.75) is 82.8 Å². The molecule has 2 unspecified atom stereocenters. The molecule has 1 aliphatic heterocycles. The van der Waals surface area contributed by atoms with Gasteiger partial charge < -0.3 is 18.8 Å². The lowest BCUT2D eigenvalue weighted by molar-refractivity contribution is -0.139. The number of nitriles is 1. The van der Waals surface area contributed by atoms with Crippen LogP contribution >= 0.6 is 0 Å². The first kappa shape index (κ1) is 32.5. The standard InChI is InChI=1S/C34H35F4N5O4/c1-45-33(44)23-9-11-29-30(16-23)42(18-26-12-13-46-26)31(40-29)15-21-4-2-3-5-25(10-7-21)43-19-27(34(36,37)38)32(41-43)47-20-24-8-6-22(17-39)14-28(24)35/h6,8-9,11,14,16,19,21,25-26H,2-5,7,10,12-13,15,18,20H2,1H3/t21?,25?,26-/m0/s1. The van der Waals surface area contributed by atoms with Gasteiger partial charge in [-0.25, -0.2) is 14.2 Å². The maximum atomic E-state index is 14.4. The van der Waals surface area contributed by atoms with Crippen molar-refractivity contribution in [3.05, 3.63) is 76.5 Å². The first-order valence-electron chi connectivity index (χ1n) is 15.8. The Labute approximate surface area is 269 Å². The summed E-state index contributed by atoms with van der Waals surface area (Å²) in [6.45, 7) is 0.874. The van der Waals surface area contributed by atoms with E-state index in [1.165, 1.54) is 23.9 Å². The third kappa shape index (κ3) is 7.27. The van der Waals surface area contributed by atoms with E-state index in [9.17, 15) is 22.4 Å². The summed E-state index contributed by atoms with van der Waals surface area (Å²) in [4.78, 5) is 17.2. The lowest BCUT2D eigenvalue weighted by atomic mass is 9.86. The van der Waals surface area contributed by atoms with Crippen molar-refractivity contribution in [1.29, 1.82) is 5.26 Å². The monoisotopic (exact) mass is 653 g/mol. The van der Waals surface area contributed by atoms with Crippen molar-refractivity contribution in [3.63, 3.8) is 0 Å². The van der Waals surface area contributed by atoms with Crippen molar-refractivity contribution < 1.29 is 36.6 Å². The molecule has 1 aliphatic carbocycles. The normalized spacial score (nSPS) is 20.2. The number of ether oxygens (including phenoxy) is 3. The van der Waals surface area contributed by atoms with Gasteiger partial charge in [0.1, 0.15) is 23.8 Å². The Hall–Kier alpha value is -4.44. The lowest BCUT2D eigenvalue weighted by Crippen LogP contribution is -2.32. The van der Waals surface area contributed by atoms with Gasteiger partial charge in [-0.1, -0.05) is 25.3 Å². The minimum absolute atomic E-state index is 0.0249. The van der Waals surface area contributed by atoms with E-state index in [-0.39, 0.29) is 29.2 Å². The minimum Gasteiger partial charge on any atom is -0.471 e. The second-order valence-electron chi connectivity index (χ2n) is 12.2. The second kappa shape index (κ2) is 13.7. The Morgan fingerprint density at radius 3 is 2.62 bits per heavy atom. The van der Waals surface area contributed by atoms with E-state index in [4.69, 9.17) is 24.5 Å². The topological polar surface area (TPSA) is 104 Å². The zero-order valence-electron chi connectivity index (χ0n) is 25.9. The van der Waals surface area contributed by atoms with E-state index < -0.39 is 36.0 Å². The van der Waals surface area contributed by atoms with Crippen molar-refractivity contribution >= 4 is 17.0 Å². The van der Waals surface area contributed by atoms with Gasteiger partial charge >= 0.3 is 12.1 Å². The van der Waals surface area contributed by atoms with Crippen LogP contribution in [0.4, 0.5) is 17.6 Å². The van der Waals surface area contributed by atoms with E-state index in [0.717, 1.165) is 61.2 Å². The first-order chi connectivity index (χ1) is 22.6. The van der Waals surface area contributed by atoms with Crippen LogP contribution in [0.3, 0.4) is 0 Å². The zero-order chi connectivity index (χ0) is 33.1. The molecule has 9 nitrogen and oxygen atoms in total. The fourth-order valence-corrected chi connectivity index (χ4v) is 6.41. The molecule has 0 amide bonds. The molecular weight excluding hydrogens is 618 g/mol. The number of aromatic nitrogens is 4. The summed E-state index contributed by atoms with van der Waals surface area (Å²) >= 11 is 0. The van der Waals surface area contributed by atoms with Crippen LogP contribution in [0.25, 0.3) is 11.0 Å². The summed E-state index contributed by atoms with van der Waals surface area (Å²) in [5.41, 5.74) is 1.18. The third-order valence-electron chi connectivity index (χ3n) is 9.13. The van der Waals surface area contributed by atoms with Crippen molar-refractivity contribution in [2.75, 3.05) is 13.7 Å². The molecule has 1 saturated carbocycles. The summed E-state index contributed by atoms with van der Waals surface area (Å²) in [5, 5.41) is 13.2. The van der Waals surface area contributed by atoms with Crippen LogP contribution < -0.4 is 4.74 Å². The Morgan fingerprint density at radius 1 is 1.11 bits per heavy atom. The number of hydrogen-bond donors (Lipinski definition) is 0. The quantitative estimate of drug-likeness (QED) is 0.139. The summed E-state index contributed by atoms with van der Waals surface area (Å²) in [6.07, 6.45) is 2.71. The van der Waals surface area contributed by atoms with E-state index in [0.29, 0.717) is 38.0 Å². The molecule has 13 heteroatoms. The fourth-order valence-electron chi connectivity index (χ4n) is 6.41. The van der Waals surface area contributed by atoms with Gasteiger partial charge in [0.25, 0.3) is 0 Å². The van der Waals surface area contributed by atoms with Crippen molar-refractivity contribution in [2.24, 2.45) is 5.92 Å². The molecule has 3 heterocycles. The van der Waals surface area contributed by atoms with Gasteiger partial charge in [0.15, 0.2) is 0 Å². The first-order valence-corrected chi connectivity index (χ1v) is 15.8. The highest BCUT2D eigenvalue weighted by molar-refractivity contribution is 5.93. The van der Waals surface area contributed by atoms with Crippen LogP contribution in [-0.2, 0) is 35.2 Å². The Kier molecular flexibility index (Phi) is 9.50. The summed E-state index contributed by atoms with van der Waals surface area (Å²) in [7, 11) is 1.35. The van der Waals surface area contributed by atoms with Crippen molar-refractivity contribution in [3.8, 4) is 11.9 Å². The molecule has 2 fully saturated rings. The molecule has 248 valence electrons. The van der Waals surface area contributed by atoms with Crippen LogP contribution in [0.5, 0.6) is 5.88 Å². The number of hydrogen-bond acceptors (Lipinski definition) is 7. The highest BCUT2D eigenvalue weighted by atomic mass is 19.4. The molecule has 47 heavy (non-hydrogen) atoms. The predicted molar refractivity (Wildman–Crippen MR) is 162 cm³/mol. The average Bonchev–Trinajstić information content (AvgIpc) is 3.60. The van der Waals surface area contributed by atoms with Crippen LogP contribution in [0.2, 0.25) is 0 Å². The lowest BCUT2D eigenvalue weighted by Gasteiger charge is -2.28. The second-order valence-corrected chi connectivity index (χ2v) is 12.2. The molecule has 4 aromatic rings. The number of imidazole rings is 1. The van der Waals surface area contributed by atoms with Gasteiger partial charge in [-0.2, -0.15) is 18.4 Å². The number of esters is 1. The number of alkyl halides is 3. The molecule has 0 N–H and O–H groups in total. The van der Waals surface area contributed by atoms with Gasteiger partial charge in [-0.3, -0.25) is 4.68 Å². The van der Waals surface area contributed by atoms with Crippen LogP contribution in [0, 0.1) is 23.1 Å². The van der Waals surface area contributed by atoms with Gasteiger partial charge in [0.05, 0.1) is 54.0 Å². The van der Waals surface area contributed by atoms with E-state index in [1.54, 1.807) is 12.1 Å². The number of rotatable bonds is 9. The Balaban J connectivity index is 1.19. The Bertz CT molecular complexity index is 1790. The molecular formula is C34H35F4N5O4. The summed E-state index contributed by atoms with van der Waals surface area (Å²) in [6, 6.07) is 10.6. The third-order valence-corrected chi connectivity index (χ3v) is 9.13. The van der Waals surface area contributed by atoms with Gasteiger partial charge in [-0.05, 0) is 61.9 Å². The van der Waals surface area contributed by atoms with E-state index >= 15 is 0 Å². The smallest absolute Gasteiger partial charge is 0.423 e. The highest BCUT2D eigenvalue weighted by Gasteiger charge is 2.38. The molecule has 1 saturated heterocycles. The molecule has 3 atom stereocenters. The van der Waals surface area contributed by atoms with Gasteiger partial charge in [0.2, 0.25) is 5.88 Å². The molecule has 2 aliphatic rings. The van der Waals surface area contributed by atoms with Crippen molar-refractivity contribution in [1.82, 2.24) is 19.3 Å². The van der Waals surface area contributed by atoms with E-state index in [2.05, 4.69) is 9.67 Å². The number of fused-ring (bicyclic) bond motifs is 1. The predicted octanol–water partition coefficient (Wildman–Crippen LogP) is 7.17. The number of carbonyl (C=O) groups is 1. The average molecular weight is 654 g/mol. The summed E-state index contributed by atoms with van der Waals surface area (Å²) < 4.78 is 76.0. The molecule has 0 bridgehead atoms. The molecule has 0 radical (unpaired) electrons. The number of carbonyl (C=O) groups excluding carboxylic acids is 1. The zero-order valence-corrected chi connectivity index (χ0v) is 25.9. The molecule has 2 aromatic carbocycles. The molecule has 2 aromatic heterocycles.